The van der Waals surface area contributed by atoms with Gasteiger partial charge in [-0.1, -0.05) is 53.7 Å². The summed E-state index contributed by atoms with van der Waals surface area (Å²) in [5, 5.41) is 59.8. The topological polar surface area (TPSA) is 446 Å². The zero-order chi connectivity index (χ0) is 59.0. The number of aromatic amines is 1. The highest BCUT2D eigenvalue weighted by Crippen LogP contribution is 2.15. The number of imidazole rings is 1. The number of aliphatic hydroxyl groups excluding tert-OH is 1. The molecular weight excluding hydrogens is 1040 g/mol. The number of amides is 9. The van der Waals surface area contributed by atoms with Crippen LogP contribution in [0.2, 0.25) is 0 Å². The van der Waals surface area contributed by atoms with Gasteiger partial charge in [0.15, 0.2) is 0 Å². The Balaban J connectivity index is 2.51. The van der Waals surface area contributed by atoms with Crippen LogP contribution in [0.15, 0.2) is 36.8 Å². The van der Waals surface area contributed by atoms with Crippen molar-refractivity contribution in [2.24, 2.45) is 29.2 Å². The van der Waals surface area contributed by atoms with Gasteiger partial charge >= 0.3 is 11.9 Å². The van der Waals surface area contributed by atoms with E-state index in [1.54, 1.807) is 47.8 Å². The SMILES string of the molecule is CSCC[C@H](NC(=O)[C@@H](N)C(C)C)C(=O)N[C@@H](CC(C)C)C(=O)N[C@@H](CCC(=O)O)C(=O)N[C@@H](CC(N)=O)C(=O)N[C@@H](Cc1ccc(O)cc1)C(=O)N[C@H](C(=O)N[C@@H](Cc1cnc[nH]1)C(=O)N[C@@H](CC(C)C)C(=O)O)[C@@H](C)O. The number of H-pyrrole nitrogens is 1. The standard InChI is InChI=1S/C50H78N12O15S/c1-24(2)17-33(57-43(69)32(15-16-78-8)56-48(74)40(52)26(5)6)44(70)55-31(13-14-39(66)67)42(68)59-36(21-38(51)65)46(72)58-34(19-28-9-11-30(64)12-10-28)47(73)62-41(27(7)63)49(75)60-35(20-29-22-53-23-54-29)45(71)61-37(50(76)77)18-25(3)4/h9-12,22-27,31-37,40-41,63-64H,13-21,52H2,1-8H3,(H2,51,65)(H,53,54)(H,55,70)(H,56,74)(H,57,69)(H,58,72)(H,59,68)(H,60,75)(H,61,71)(H,62,73)(H,66,67)(H,76,77)/t27-,31+,32+,33+,34+,35+,36+,37+,40+,41+/m1/s1. The number of primary amides is 1. The summed E-state index contributed by atoms with van der Waals surface area (Å²) in [6.07, 6.45) is 0.120. The normalized spacial score (nSPS) is 15.1. The van der Waals surface area contributed by atoms with Gasteiger partial charge < -0.3 is 79.4 Å². The number of thioether (sulfide) groups is 1. The van der Waals surface area contributed by atoms with Gasteiger partial charge in [-0.2, -0.15) is 11.8 Å². The molecule has 0 aliphatic rings. The summed E-state index contributed by atoms with van der Waals surface area (Å²) in [4.78, 5) is 154. The van der Waals surface area contributed by atoms with E-state index >= 15 is 0 Å². The third-order valence-corrected chi connectivity index (χ3v) is 12.6. The van der Waals surface area contributed by atoms with E-state index in [-0.39, 0.29) is 49.2 Å². The van der Waals surface area contributed by atoms with Gasteiger partial charge in [0.1, 0.15) is 54.1 Å². The molecule has 2 aromatic rings. The van der Waals surface area contributed by atoms with E-state index < -0.39 is 151 Å². The zero-order valence-electron chi connectivity index (χ0n) is 45.1. The molecule has 9 amide bonds. The minimum Gasteiger partial charge on any atom is -0.508 e. The van der Waals surface area contributed by atoms with Crippen LogP contribution in [0.4, 0.5) is 0 Å². The molecule has 0 spiro atoms. The van der Waals surface area contributed by atoms with Gasteiger partial charge in [0.25, 0.3) is 0 Å². The molecule has 0 radical (unpaired) electrons. The predicted molar refractivity (Wildman–Crippen MR) is 284 cm³/mol. The van der Waals surface area contributed by atoms with Crippen molar-refractivity contribution in [3.63, 3.8) is 0 Å². The first-order chi connectivity index (χ1) is 36.5. The number of hydrogen-bond acceptors (Lipinski definition) is 16. The number of aliphatic hydroxyl groups is 1. The van der Waals surface area contributed by atoms with E-state index in [0.29, 0.717) is 17.0 Å². The second kappa shape index (κ2) is 33.1. The molecule has 1 aromatic carbocycles. The maximum absolute atomic E-state index is 14.3. The van der Waals surface area contributed by atoms with Gasteiger partial charge in [0.2, 0.25) is 53.2 Å². The van der Waals surface area contributed by atoms with E-state index in [0.717, 1.165) is 6.92 Å². The number of carbonyl (C=O) groups is 11. The van der Waals surface area contributed by atoms with Gasteiger partial charge in [0, 0.05) is 31.2 Å². The molecule has 2 rings (SSSR count). The van der Waals surface area contributed by atoms with Crippen LogP contribution in [0.5, 0.6) is 5.75 Å². The first-order valence-corrected chi connectivity index (χ1v) is 26.8. The fraction of sp³-hybridized carbons (Fsp3) is 0.600. The quantitative estimate of drug-likeness (QED) is 0.0349. The lowest BCUT2D eigenvalue weighted by Gasteiger charge is -2.29. The van der Waals surface area contributed by atoms with E-state index in [1.807, 2.05) is 0 Å². The van der Waals surface area contributed by atoms with Crippen LogP contribution in [0.1, 0.15) is 98.2 Å². The van der Waals surface area contributed by atoms with Crippen molar-refractivity contribution in [2.75, 3.05) is 12.0 Å². The van der Waals surface area contributed by atoms with Crippen LogP contribution in [0, 0.1) is 17.8 Å². The average Bonchev–Trinajstić information content (AvgIpc) is 3.87. The molecular formula is C50H78N12O15S. The number of benzene rings is 1. The van der Waals surface area contributed by atoms with Gasteiger partial charge in [-0.15, -0.1) is 0 Å². The number of carboxylic acids is 2. The lowest BCUT2D eigenvalue weighted by atomic mass is 10.0. The number of phenolic OH excluding ortho intramolecular Hbond substituents is 1. The Morgan fingerprint density at radius 3 is 1.58 bits per heavy atom. The van der Waals surface area contributed by atoms with Crippen LogP contribution in [-0.4, -0.2) is 168 Å². The van der Waals surface area contributed by atoms with Crippen molar-refractivity contribution in [1.82, 2.24) is 52.5 Å². The summed E-state index contributed by atoms with van der Waals surface area (Å²) in [7, 11) is 0. The molecule has 0 bridgehead atoms. The van der Waals surface area contributed by atoms with Gasteiger partial charge in [-0.05, 0) is 80.1 Å². The summed E-state index contributed by atoms with van der Waals surface area (Å²) in [5.41, 5.74) is 12.2. The molecule has 0 aliphatic heterocycles. The Morgan fingerprint density at radius 1 is 0.603 bits per heavy atom. The Kier molecular flexibility index (Phi) is 28.3. The first-order valence-electron chi connectivity index (χ1n) is 25.4. The van der Waals surface area contributed by atoms with Gasteiger partial charge in [-0.3, -0.25) is 47.9 Å². The summed E-state index contributed by atoms with van der Waals surface area (Å²) < 4.78 is 0. The summed E-state index contributed by atoms with van der Waals surface area (Å²) in [6, 6.07) is -8.16. The molecule has 0 aliphatic carbocycles. The van der Waals surface area contributed by atoms with Crippen molar-refractivity contribution >= 4 is 76.9 Å². The number of nitrogens with zero attached hydrogens (tertiary/aromatic N) is 1. The van der Waals surface area contributed by atoms with Crippen molar-refractivity contribution in [1.29, 1.82) is 0 Å². The van der Waals surface area contributed by atoms with Crippen LogP contribution < -0.4 is 54.0 Å². The smallest absolute Gasteiger partial charge is 0.326 e. The Hall–Kier alpha value is -7.33. The minimum atomic E-state index is -1.92. The van der Waals surface area contributed by atoms with Crippen LogP contribution in [0.25, 0.3) is 0 Å². The molecule has 10 atom stereocenters. The van der Waals surface area contributed by atoms with Crippen LogP contribution in [-0.2, 0) is 65.6 Å². The van der Waals surface area contributed by atoms with Gasteiger partial charge in [0.05, 0.1) is 24.9 Å². The first kappa shape index (κ1) is 66.8. The minimum absolute atomic E-state index is 0.00105. The molecule has 0 unspecified atom stereocenters. The largest absolute Gasteiger partial charge is 0.508 e. The maximum atomic E-state index is 14.3. The number of carboxylic acid groups (broad SMARTS) is 2. The van der Waals surface area contributed by atoms with Crippen molar-refractivity contribution in [2.45, 2.75) is 160 Å². The number of aromatic hydroxyl groups is 1. The molecule has 1 aromatic heterocycles. The fourth-order valence-electron chi connectivity index (χ4n) is 7.60. The highest BCUT2D eigenvalue weighted by Gasteiger charge is 2.37. The molecule has 0 fully saturated rings. The van der Waals surface area contributed by atoms with E-state index in [9.17, 15) is 73.2 Å². The third-order valence-electron chi connectivity index (χ3n) is 11.9. The third kappa shape index (κ3) is 23.9. The molecule has 0 saturated carbocycles. The second-order valence-corrected chi connectivity index (χ2v) is 21.0. The molecule has 28 heteroatoms. The van der Waals surface area contributed by atoms with E-state index in [4.69, 9.17) is 11.5 Å². The number of aromatic nitrogens is 2. The number of nitrogens with two attached hydrogens (primary N) is 2. The van der Waals surface area contributed by atoms with Crippen LogP contribution >= 0.6 is 11.8 Å². The van der Waals surface area contributed by atoms with E-state index in [2.05, 4.69) is 52.5 Å². The molecule has 1 heterocycles. The maximum Gasteiger partial charge on any atom is 0.326 e. The number of aliphatic carboxylic acids is 2. The fourth-order valence-corrected chi connectivity index (χ4v) is 8.07. The number of hydrogen-bond donors (Lipinski definition) is 15. The molecule has 0 saturated heterocycles. The van der Waals surface area contributed by atoms with Crippen molar-refractivity contribution in [3.8, 4) is 5.75 Å². The molecule has 78 heavy (non-hydrogen) atoms. The Bertz CT molecular complexity index is 2350. The van der Waals surface area contributed by atoms with Gasteiger partial charge in [-0.25, -0.2) is 9.78 Å². The number of phenols is 1. The summed E-state index contributed by atoms with van der Waals surface area (Å²) in [5.74, 6) is -12.1. The molecule has 27 nitrogen and oxygen atoms in total. The van der Waals surface area contributed by atoms with Crippen LogP contribution in [0.3, 0.4) is 0 Å². The predicted octanol–water partition coefficient (Wildman–Crippen LogP) is -2.19. The number of rotatable bonds is 35. The summed E-state index contributed by atoms with van der Waals surface area (Å²) >= 11 is 1.40. The number of nitrogens with one attached hydrogen (secondary N) is 9. The summed E-state index contributed by atoms with van der Waals surface area (Å²) in [6.45, 7) is 11.6. The highest BCUT2D eigenvalue weighted by atomic mass is 32.2. The average molecular weight is 1120 g/mol. The lowest BCUT2D eigenvalue weighted by Crippen LogP contribution is -2.62. The number of carbonyl (C=O) groups excluding carboxylic acids is 9. The Morgan fingerprint density at radius 2 is 1.06 bits per heavy atom. The zero-order valence-corrected chi connectivity index (χ0v) is 45.9. The lowest BCUT2D eigenvalue weighted by molar-refractivity contribution is -0.143. The highest BCUT2D eigenvalue weighted by molar-refractivity contribution is 7.98. The second-order valence-electron chi connectivity index (χ2n) is 20.1. The monoisotopic (exact) mass is 1120 g/mol. The van der Waals surface area contributed by atoms with Crippen molar-refractivity contribution < 1.29 is 73.2 Å². The molecule has 434 valence electrons. The Labute approximate surface area is 456 Å². The van der Waals surface area contributed by atoms with E-state index in [1.165, 1.54) is 48.6 Å². The molecule has 17 N–H and O–H groups in total. The van der Waals surface area contributed by atoms with Crippen molar-refractivity contribution in [3.05, 3.63) is 48.0 Å².